The van der Waals surface area contributed by atoms with Gasteiger partial charge in [-0.05, 0) is 6.07 Å². The Kier molecular flexibility index (Phi) is 0.935. The molecule has 0 bridgehead atoms. The summed E-state index contributed by atoms with van der Waals surface area (Å²) < 4.78 is 0. The van der Waals surface area contributed by atoms with Gasteiger partial charge >= 0.3 is 0 Å². The number of nitrogens with zero attached hydrogens (tertiary/aromatic N) is 1. The molecule has 3 nitrogen and oxygen atoms in total. The summed E-state index contributed by atoms with van der Waals surface area (Å²) >= 11 is 0. The van der Waals surface area contributed by atoms with Crippen molar-refractivity contribution in [1.82, 2.24) is 4.98 Å². The van der Waals surface area contributed by atoms with E-state index in [0.717, 1.165) is 0 Å². The van der Waals surface area contributed by atoms with E-state index in [2.05, 4.69) is 4.98 Å². The number of hydrogen-bond donors (Lipinski definition) is 2. The Morgan fingerprint density at radius 1 is 1.75 bits per heavy atom. The van der Waals surface area contributed by atoms with Gasteiger partial charge in [-0.3, -0.25) is 0 Å². The van der Waals surface area contributed by atoms with Gasteiger partial charge in [0.05, 0.1) is 0 Å². The minimum absolute atomic E-state index is 0.00694. The van der Waals surface area contributed by atoms with Crippen molar-refractivity contribution >= 4 is 0 Å². The Morgan fingerprint density at radius 3 is 2.75 bits per heavy atom. The summed E-state index contributed by atoms with van der Waals surface area (Å²) in [5.74, 6) is 0.00694. The predicted molar refractivity (Wildman–Crippen MR) is 27.2 cm³/mol. The third kappa shape index (κ3) is 0.521. The van der Waals surface area contributed by atoms with E-state index in [1.807, 2.05) is 0 Å². The van der Waals surface area contributed by atoms with E-state index < -0.39 is 0 Å². The first-order chi connectivity index (χ1) is 3.84. The fourth-order valence-electron chi connectivity index (χ4n) is 0.451. The van der Waals surface area contributed by atoms with Crippen molar-refractivity contribution in [2.45, 2.75) is 0 Å². The highest BCUT2D eigenvalue weighted by molar-refractivity contribution is 5.35. The van der Waals surface area contributed by atoms with E-state index in [4.69, 9.17) is 10.4 Å². The lowest BCUT2D eigenvalue weighted by Crippen LogP contribution is -1.68. The SMILES string of the molecule is N#Cc1[nH]ccc1O. The van der Waals surface area contributed by atoms with Gasteiger partial charge in [0.15, 0.2) is 11.4 Å². The van der Waals surface area contributed by atoms with Gasteiger partial charge < -0.3 is 10.1 Å². The molecule has 2 N–H and O–H groups in total. The normalized spacial score (nSPS) is 8.38. The van der Waals surface area contributed by atoms with E-state index in [1.165, 1.54) is 12.3 Å². The molecule has 0 fully saturated rings. The Balaban J connectivity index is 3.15. The molecule has 0 atom stereocenters. The third-order valence-corrected chi connectivity index (χ3v) is 0.837. The molecule has 0 radical (unpaired) electrons. The molecule has 0 spiro atoms. The summed E-state index contributed by atoms with van der Waals surface area (Å²) in [6, 6.07) is 3.20. The van der Waals surface area contributed by atoms with Gasteiger partial charge in [-0.15, -0.1) is 0 Å². The number of aromatic nitrogens is 1. The van der Waals surface area contributed by atoms with Crippen molar-refractivity contribution < 1.29 is 5.11 Å². The summed E-state index contributed by atoms with van der Waals surface area (Å²) in [7, 11) is 0. The first-order valence-corrected chi connectivity index (χ1v) is 2.11. The first-order valence-electron chi connectivity index (χ1n) is 2.11. The van der Waals surface area contributed by atoms with Gasteiger partial charge in [-0.25, -0.2) is 0 Å². The lowest BCUT2D eigenvalue weighted by Gasteiger charge is -1.78. The summed E-state index contributed by atoms with van der Waals surface area (Å²) in [5, 5.41) is 16.9. The maximum atomic E-state index is 8.70. The van der Waals surface area contributed by atoms with Gasteiger partial charge in [-0.2, -0.15) is 5.26 Å². The van der Waals surface area contributed by atoms with Crippen molar-refractivity contribution in [2.75, 3.05) is 0 Å². The number of aromatic hydroxyl groups is 1. The maximum Gasteiger partial charge on any atom is 0.159 e. The molecular weight excluding hydrogens is 104 g/mol. The molecule has 0 aliphatic heterocycles. The number of aromatic amines is 1. The second-order valence-electron chi connectivity index (χ2n) is 1.35. The number of H-pyrrole nitrogens is 1. The minimum Gasteiger partial charge on any atom is -0.505 e. The molecule has 0 amide bonds. The van der Waals surface area contributed by atoms with Crippen LogP contribution in [0.1, 0.15) is 5.69 Å². The molecule has 0 saturated heterocycles. The largest absolute Gasteiger partial charge is 0.505 e. The van der Waals surface area contributed by atoms with Gasteiger partial charge in [0.25, 0.3) is 0 Å². The van der Waals surface area contributed by atoms with Gasteiger partial charge in [0, 0.05) is 6.20 Å². The fourth-order valence-corrected chi connectivity index (χ4v) is 0.451. The quantitative estimate of drug-likeness (QED) is 0.511. The minimum atomic E-state index is 0.00694. The van der Waals surface area contributed by atoms with E-state index >= 15 is 0 Å². The predicted octanol–water partition coefficient (Wildman–Crippen LogP) is 0.592. The van der Waals surface area contributed by atoms with E-state index in [0.29, 0.717) is 0 Å². The first kappa shape index (κ1) is 4.72. The van der Waals surface area contributed by atoms with E-state index in [1.54, 1.807) is 6.07 Å². The second-order valence-corrected chi connectivity index (χ2v) is 1.35. The van der Waals surface area contributed by atoms with Crippen LogP contribution in [0, 0.1) is 11.3 Å². The standard InChI is InChI=1S/C5H4N2O/c6-3-4-5(8)1-2-7-4/h1-2,7-8H. The summed E-state index contributed by atoms with van der Waals surface area (Å²) in [4.78, 5) is 2.54. The molecule has 1 rings (SSSR count). The maximum absolute atomic E-state index is 8.70. The highest BCUT2D eigenvalue weighted by Crippen LogP contribution is 2.10. The molecule has 1 heterocycles. The highest BCUT2D eigenvalue weighted by Gasteiger charge is 1.95. The monoisotopic (exact) mass is 108 g/mol. The van der Waals surface area contributed by atoms with Crippen molar-refractivity contribution in [3.63, 3.8) is 0 Å². The Hall–Kier alpha value is -1.43. The Bertz CT molecular complexity index is 221. The molecule has 0 aromatic carbocycles. The molecule has 0 aliphatic carbocycles. The number of rotatable bonds is 0. The summed E-state index contributed by atoms with van der Waals surface area (Å²) in [5.41, 5.74) is 0.213. The van der Waals surface area contributed by atoms with Gasteiger partial charge in [0.1, 0.15) is 6.07 Å². The van der Waals surface area contributed by atoms with Crippen LogP contribution >= 0.6 is 0 Å². The average Bonchev–Trinajstić information content (AvgIpc) is 2.14. The highest BCUT2D eigenvalue weighted by atomic mass is 16.3. The Labute approximate surface area is 46.2 Å². The molecule has 1 aromatic heterocycles. The van der Waals surface area contributed by atoms with Crippen LogP contribution in [0.3, 0.4) is 0 Å². The molecule has 0 aliphatic rings. The fraction of sp³-hybridized carbons (Fsp3) is 0. The van der Waals surface area contributed by atoms with Crippen LogP contribution in [0.15, 0.2) is 12.3 Å². The van der Waals surface area contributed by atoms with Crippen LogP contribution in [0.5, 0.6) is 5.75 Å². The number of nitriles is 1. The van der Waals surface area contributed by atoms with Crippen molar-refractivity contribution in [3.05, 3.63) is 18.0 Å². The smallest absolute Gasteiger partial charge is 0.159 e. The van der Waals surface area contributed by atoms with Gasteiger partial charge in [0.2, 0.25) is 0 Å². The van der Waals surface area contributed by atoms with Crippen molar-refractivity contribution in [1.29, 1.82) is 5.26 Å². The molecular formula is C5H4N2O. The molecule has 0 saturated carbocycles. The zero-order valence-corrected chi connectivity index (χ0v) is 4.05. The molecule has 3 heteroatoms. The van der Waals surface area contributed by atoms with Crippen LogP contribution in [0.4, 0.5) is 0 Å². The van der Waals surface area contributed by atoms with Crippen LogP contribution in [-0.4, -0.2) is 10.1 Å². The Morgan fingerprint density at radius 2 is 2.50 bits per heavy atom. The zero-order chi connectivity index (χ0) is 5.98. The lowest BCUT2D eigenvalue weighted by molar-refractivity contribution is 0.474. The van der Waals surface area contributed by atoms with Gasteiger partial charge in [-0.1, -0.05) is 0 Å². The van der Waals surface area contributed by atoms with E-state index in [-0.39, 0.29) is 11.4 Å². The molecule has 0 unspecified atom stereocenters. The van der Waals surface area contributed by atoms with Crippen molar-refractivity contribution in [2.24, 2.45) is 0 Å². The topological polar surface area (TPSA) is 59.8 Å². The third-order valence-electron chi connectivity index (χ3n) is 0.837. The number of nitrogens with one attached hydrogen (secondary N) is 1. The summed E-state index contributed by atoms with van der Waals surface area (Å²) in [6.45, 7) is 0. The van der Waals surface area contributed by atoms with Crippen LogP contribution in [0.25, 0.3) is 0 Å². The summed E-state index contributed by atoms with van der Waals surface area (Å²) in [6.07, 6.45) is 1.51. The lowest BCUT2D eigenvalue weighted by atomic mass is 10.4. The van der Waals surface area contributed by atoms with Crippen LogP contribution in [-0.2, 0) is 0 Å². The molecule has 1 aromatic rings. The molecule has 40 valence electrons. The van der Waals surface area contributed by atoms with Crippen molar-refractivity contribution in [3.8, 4) is 11.8 Å². The number of hydrogen-bond acceptors (Lipinski definition) is 2. The van der Waals surface area contributed by atoms with Crippen LogP contribution in [0.2, 0.25) is 0 Å². The van der Waals surface area contributed by atoms with E-state index in [9.17, 15) is 0 Å². The zero-order valence-electron chi connectivity index (χ0n) is 4.05. The second kappa shape index (κ2) is 1.58. The molecule has 8 heavy (non-hydrogen) atoms. The average molecular weight is 108 g/mol. The van der Waals surface area contributed by atoms with Crippen LogP contribution < -0.4 is 0 Å².